The molecule has 0 aliphatic rings. The Morgan fingerprint density at radius 1 is 0.250 bits per heavy atom. The molecule has 0 fully saturated rings. The Hall–Kier alpha value is -8.60. The van der Waals surface area contributed by atoms with Gasteiger partial charge < -0.3 is 0 Å². The zero-order valence-corrected chi connectivity index (χ0v) is 34.6. The highest BCUT2D eigenvalue weighted by Gasteiger charge is 2.18. The number of rotatable bonds is 6. The summed E-state index contributed by atoms with van der Waals surface area (Å²) in [5.41, 5.74) is 9.40. The maximum Gasteiger partial charge on any atom is 0.164 e. The van der Waals surface area contributed by atoms with Crippen LogP contribution < -0.4 is 0 Å². The van der Waals surface area contributed by atoms with Crippen LogP contribution in [0, 0.1) is 0 Å². The van der Waals surface area contributed by atoms with Gasteiger partial charge in [0, 0.05) is 34.6 Å². The highest BCUT2D eigenvalue weighted by molar-refractivity contribution is 6.37. The maximum atomic E-state index is 5.11. The van der Waals surface area contributed by atoms with E-state index in [9.17, 15) is 0 Å². The number of fused-ring (bicyclic) bond motifs is 2. The first-order valence-corrected chi connectivity index (χ1v) is 21.7. The van der Waals surface area contributed by atoms with E-state index in [1.165, 1.54) is 75.8 Å². The van der Waals surface area contributed by atoms with Gasteiger partial charge in [-0.1, -0.05) is 182 Å². The monoisotopic (exact) mass is 812 g/mol. The van der Waals surface area contributed by atoms with Crippen LogP contribution in [0.4, 0.5) is 0 Å². The first-order valence-electron chi connectivity index (χ1n) is 21.7. The summed E-state index contributed by atoms with van der Waals surface area (Å²) in [6, 6.07) is 74.1. The summed E-state index contributed by atoms with van der Waals surface area (Å²) in [6.07, 6.45) is 3.67. The Morgan fingerprint density at radius 2 is 0.734 bits per heavy atom. The Morgan fingerprint density at radius 3 is 1.38 bits per heavy atom. The van der Waals surface area contributed by atoms with Crippen molar-refractivity contribution < 1.29 is 0 Å². The minimum absolute atomic E-state index is 0.613. The maximum absolute atomic E-state index is 5.11. The first kappa shape index (κ1) is 36.1. The molecule has 0 aliphatic carbocycles. The molecule has 0 radical (unpaired) electrons. The number of benzene rings is 10. The molecule has 0 saturated carbocycles. The number of nitrogens with zero attached hydrogens (tertiary/aromatic N) is 4. The van der Waals surface area contributed by atoms with Gasteiger partial charge in [0.25, 0.3) is 0 Å². The van der Waals surface area contributed by atoms with E-state index in [1.807, 2.05) is 54.7 Å². The molecule has 296 valence electrons. The van der Waals surface area contributed by atoms with Crippen LogP contribution in [0.1, 0.15) is 0 Å². The number of hydrogen-bond donors (Lipinski definition) is 0. The Bertz CT molecular complexity index is 3930. The van der Waals surface area contributed by atoms with Crippen molar-refractivity contribution in [2.75, 3.05) is 0 Å². The van der Waals surface area contributed by atoms with Crippen LogP contribution in [0.2, 0.25) is 0 Å². The summed E-state index contributed by atoms with van der Waals surface area (Å²) in [5, 5.41) is 15.4. The summed E-state index contributed by atoms with van der Waals surface area (Å²) in [4.78, 5) is 19.6. The fourth-order valence-electron chi connectivity index (χ4n) is 9.93. The van der Waals surface area contributed by atoms with Crippen LogP contribution in [0.5, 0.6) is 0 Å². The Kier molecular flexibility index (Phi) is 8.18. The van der Waals surface area contributed by atoms with Gasteiger partial charge in [0.1, 0.15) is 0 Å². The third kappa shape index (κ3) is 5.84. The zero-order valence-electron chi connectivity index (χ0n) is 34.6. The minimum atomic E-state index is 0.613. The standard InChI is InChI=1S/C60H36N4/c1-2-11-41(12-3-1)58-62-59(64-60(63-58)52-20-5-4-19-48(52)46-18-10-32-61-36-46)42-29-24-37(25-30-42)43-16-6-17-44(33-43)47-34-45-31-28-40-14-8-22-50-49-21-7-13-38-26-27-39-15-9-23-51(56(39)54(38)49)53(35-47)57(45)55(40)50/h1-36H. The second kappa shape index (κ2) is 14.5. The summed E-state index contributed by atoms with van der Waals surface area (Å²) in [5.74, 6) is 1.86. The molecule has 2 aromatic heterocycles. The van der Waals surface area contributed by atoms with E-state index in [1.54, 1.807) is 6.20 Å². The van der Waals surface area contributed by atoms with Gasteiger partial charge in [0.15, 0.2) is 17.5 Å². The largest absolute Gasteiger partial charge is 0.264 e. The number of aromatic nitrogens is 4. The third-order valence-corrected chi connectivity index (χ3v) is 12.9. The molecule has 13 aromatic rings. The van der Waals surface area contributed by atoms with Crippen LogP contribution in [-0.4, -0.2) is 19.9 Å². The molecular formula is C60H36N4. The molecule has 0 N–H and O–H groups in total. The van der Waals surface area contributed by atoms with E-state index in [0.717, 1.165) is 38.9 Å². The quantitative estimate of drug-likeness (QED) is 0.157. The molecule has 4 heteroatoms. The lowest BCUT2D eigenvalue weighted by Crippen LogP contribution is -2.01. The van der Waals surface area contributed by atoms with Crippen molar-refractivity contribution >= 4 is 64.6 Å². The zero-order chi connectivity index (χ0) is 42.1. The smallest absolute Gasteiger partial charge is 0.164 e. The topological polar surface area (TPSA) is 51.6 Å². The molecule has 0 unspecified atom stereocenters. The molecule has 13 rings (SSSR count). The molecule has 0 spiro atoms. The van der Waals surface area contributed by atoms with Crippen molar-refractivity contribution in [1.29, 1.82) is 0 Å². The lowest BCUT2D eigenvalue weighted by Gasteiger charge is -2.17. The normalized spacial score (nSPS) is 11.8. The van der Waals surface area contributed by atoms with Gasteiger partial charge in [-0.05, 0) is 117 Å². The predicted molar refractivity (Wildman–Crippen MR) is 266 cm³/mol. The molecule has 0 bridgehead atoms. The molecule has 0 saturated heterocycles. The summed E-state index contributed by atoms with van der Waals surface area (Å²) in [7, 11) is 0. The summed E-state index contributed by atoms with van der Waals surface area (Å²) < 4.78 is 0. The van der Waals surface area contributed by atoms with Gasteiger partial charge in [0.2, 0.25) is 0 Å². The molecule has 4 nitrogen and oxygen atoms in total. The van der Waals surface area contributed by atoms with Gasteiger partial charge in [0.05, 0.1) is 0 Å². The van der Waals surface area contributed by atoms with E-state index in [2.05, 4.69) is 163 Å². The van der Waals surface area contributed by atoms with Crippen LogP contribution >= 0.6 is 0 Å². The van der Waals surface area contributed by atoms with Crippen LogP contribution in [0.3, 0.4) is 0 Å². The lowest BCUT2D eigenvalue weighted by atomic mass is 9.86. The Balaban J connectivity index is 0.941. The second-order valence-corrected chi connectivity index (χ2v) is 16.6. The average molecular weight is 813 g/mol. The molecule has 2 heterocycles. The summed E-state index contributed by atoms with van der Waals surface area (Å²) >= 11 is 0. The first-order chi connectivity index (χ1) is 31.7. The van der Waals surface area contributed by atoms with Crippen LogP contribution in [-0.2, 0) is 0 Å². The molecule has 0 atom stereocenters. The van der Waals surface area contributed by atoms with Crippen molar-refractivity contribution in [2.45, 2.75) is 0 Å². The predicted octanol–water partition coefficient (Wildman–Crippen LogP) is 15.6. The highest BCUT2D eigenvalue weighted by atomic mass is 15.0. The van der Waals surface area contributed by atoms with Gasteiger partial charge >= 0.3 is 0 Å². The van der Waals surface area contributed by atoms with E-state index in [0.29, 0.717) is 17.5 Å². The van der Waals surface area contributed by atoms with Gasteiger partial charge in [-0.15, -0.1) is 0 Å². The van der Waals surface area contributed by atoms with Crippen molar-refractivity contribution in [3.63, 3.8) is 0 Å². The minimum Gasteiger partial charge on any atom is -0.264 e. The van der Waals surface area contributed by atoms with E-state index in [-0.39, 0.29) is 0 Å². The lowest BCUT2D eigenvalue weighted by molar-refractivity contribution is 1.07. The van der Waals surface area contributed by atoms with Crippen molar-refractivity contribution in [3.8, 4) is 67.5 Å². The fourth-order valence-corrected chi connectivity index (χ4v) is 9.93. The molecule has 64 heavy (non-hydrogen) atoms. The van der Waals surface area contributed by atoms with Crippen molar-refractivity contribution in [3.05, 3.63) is 219 Å². The van der Waals surface area contributed by atoms with E-state index < -0.39 is 0 Å². The van der Waals surface area contributed by atoms with Gasteiger partial charge in [-0.3, -0.25) is 4.98 Å². The molecule has 11 aromatic carbocycles. The van der Waals surface area contributed by atoms with Crippen molar-refractivity contribution in [2.24, 2.45) is 0 Å². The average Bonchev–Trinajstić information content (AvgIpc) is 3.37. The molecule has 0 aliphatic heterocycles. The number of hydrogen-bond acceptors (Lipinski definition) is 4. The third-order valence-electron chi connectivity index (χ3n) is 12.9. The van der Waals surface area contributed by atoms with E-state index in [4.69, 9.17) is 15.0 Å². The van der Waals surface area contributed by atoms with Crippen LogP contribution in [0.15, 0.2) is 219 Å². The van der Waals surface area contributed by atoms with Crippen molar-refractivity contribution in [1.82, 2.24) is 19.9 Å². The SMILES string of the molecule is c1ccc(-c2nc(-c3ccc(-c4cccc(-c5cc6ccc7cccc8c9cccc%10ccc%11cccc(c(c5)c6c78)c%11c%109)c4)cc3)nc(-c3ccccc3-c3cccnc3)n2)cc1. The highest BCUT2D eigenvalue weighted by Crippen LogP contribution is 2.45. The van der Waals surface area contributed by atoms with Crippen LogP contribution in [0.25, 0.3) is 132 Å². The summed E-state index contributed by atoms with van der Waals surface area (Å²) in [6.45, 7) is 0. The van der Waals surface area contributed by atoms with E-state index >= 15 is 0 Å². The van der Waals surface area contributed by atoms with Gasteiger partial charge in [-0.25, -0.2) is 15.0 Å². The number of pyridine rings is 1. The molecule has 0 amide bonds. The second-order valence-electron chi connectivity index (χ2n) is 16.6. The fraction of sp³-hybridized carbons (Fsp3) is 0. The molecular weight excluding hydrogens is 777 g/mol. The van der Waals surface area contributed by atoms with Gasteiger partial charge in [-0.2, -0.15) is 0 Å². The Labute approximate surface area is 369 Å².